The highest BCUT2D eigenvalue weighted by Crippen LogP contribution is 2.49. The van der Waals surface area contributed by atoms with Gasteiger partial charge in [0.2, 0.25) is 0 Å². The van der Waals surface area contributed by atoms with Crippen LogP contribution in [0.5, 0.6) is 0 Å². The van der Waals surface area contributed by atoms with Crippen LogP contribution in [0, 0.1) is 0 Å². The Morgan fingerprint density at radius 1 is 0.264 bits per heavy atom. The average Bonchev–Trinajstić information content (AvgIpc) is 3.58. The number of hydrogen-bond acceptors (Lipinski definition) is 0. The second-order valence-corrected chi connectivity index (χ2v) is 14.4. The van der Waals surface area contributed by atoms with E-state index >= 15 is 0 Å². The molecule has 0 fully saturated rings. The fraction of sp³-hybridized carbons (Fsp3) is 0. The third-order valence-electron chi connectivity index (χ3n) is 11.7. The summed E-state index contributed by atoms with van der Waals surface area (Å²) in [7, 11) is 0. The molecule has 12 aromatic rings. The van der Waals surface area contributed by atoms with Crippen LogP contribution in [0.1, 0.15) is 0 Å². The predicted molar refractivity (Wildman–Crippen MR) is 229 cm³/mol. The summed E-state index contributed by atoms with van der Waals surface area (Å²) in [6.07, 6.45) is 0. The van der Waals surface area contributed by atoms with Crippen LogP contribution in [0.2, 0.25) is 0 Å². The molecule has 0 aliphatic carbocycles. The van der Waals surface area contributed by atoms with Crippen molar-refractivity contribution in [1.82, 2.24) is 4.57 Å². The highest BCUT2D eigenvalue weighted by Gasteiger charge is 2.23. The van der Waals surface area contributed by atoms with Gasteiger partial charge in [0.15, 0.2) is 0 Å². The van der Waals surface area contributed by atoms with Crippen molar-refractivity contribution in [3.63, 3.8) is 0 Å². The molecule has 53 heavy (non-hydrogen) atoms. The molecule has 1 heteroatoms. The molecule has 0 atom stereocenters. The zero-order valence-corrected chi connectivity index (χ0v) is 28.8. The van der Waals surface area contributed by atoms with Gasteiger partial charge >= 0.3 is 0 Å². The molecule has 1 aromatic heterocycles. The minimum absolute atomic E-state index is 1.21. The van der Waals surface area contributed by atoms with Gasteiger partial charge in [-0.25, -0.2) is 0 Å². The van der Waals surface area contributed by atoms with E-state index in [9.17, 15) is 0 Å². The number of aromatic nitrogens is 1. The van der Waals surface area contributed by atoms with Crippen molar-refractivity contribution in [3.8, 4) is 16.8 Å². The van der Waals surface area contributed by atoms with Crippen LogP contribution in [0.15, 0.2) is 188 Å². The molecule has 1 nitrogen and oxygen atoms in total. The van der Waals surface area contributed by atoms with Gasteiger partial charge < -0.3 is 4.57 Å². The summed E-state index contributed by atoms with van der Waals surface area (Å²) >= 11 is 0. The van der Waals surface area contributed by atoms with E-state index in [1.54, 1.807) is 0 Å². The maximum Gasteiger partial charge on any atom is 0.0626 e. The van der Waals surface area contributed by atoms with Crippen LogP contribution < -0.4 is 0 Å². The molecule has 0 aliphatic rings. The van der Waals surface area contributed by atoms with Crippen molar-refractivity contribution in [1.29, 1.82) is 0 Å². The molecule has 0 unspecified atom stereocenters. The lowest BCUT2D eigenvalue weighted by Crippen LogP contribution is -1.97. The Hall–Kier alpha value is -6.96. The summed E-state index contributed by atoms with van der Waals surface area (Å²) in [6, 6.07) is 69.8. The molecule has 0 saturated heterocycles. The second kappa shape index (κ2) is 10.8. The first-order chi connectivity index (χ1) is 26.3. The molecule has 0 saturated carbocycles. The molecular formula is C52H31N. The number of para-hydroxylation sites is 1. The fourth-order valence-electron chi connectivity index (χ4n) is 9.50. The molecule has 244 valence electrons. The minimum atomic E-state index is 1.21. The second-order valence-electron chi connectivity index (χ2n) is 14.4. The summed E-state index contributed by atoms with van der Waals surface area (Å²) in [4.78, 5) is 0. The Morgan fingerprint density at radius 3 is 1.38 bits per heavy atom. The molecule has 0 N–H and O–H groups in total. The molecule has 0 bridgehead atoms. The van der Waals surface area contributed by atoms with Crippen LogP contribution in [0.4, 0.5) is 0 Å². The molecular weight excluding hydrogens is 639 g/mol. The van der Waals surface area contributed by atoms with Gasteiger partial charge in [-0.2, -0.15) is 0 Å². The van der Waals surface area contributed by atoms with E-state index in [4.69, 9.17) is 0 Å². The number of fused-ring (bicyclic) bond motifs is 16. The lowest BCUT2D eigenvalue weighted by Gasteiger charge is -2.18. The summed E-state index contributed by atoms with van der Waals surface area (Å²) < 4.78 is 2.56. The van der Waals surface area contributed by atoms with E-state index < -0.39 is 0 Å². The largest absolute Gasteiger partial charge is 0.308 e. The first-order valence-electron chi connectivity index (χ1n) is 18.4. The van der Waals surface area contributed by atoms with Crippen LogP contribution in [0.3, 0.4) is 0 Å². The maximum absolute atomic E-state index is 2.56. The maximum atomic E-state index is 2.56. The monoisotopic (exact) mass is 669 g/mol. The van der Waals surface area contributed by atoms with Crippen molar-refractivity contribution in [3.05, 3.63) is 188 Å². The van der Waals surface area contributed by atoms with E-state index in [0.29, 0.717) is 0 Å². The SMILES string of the molecule is c1ccc2c(c1)cc(-c1cc3c4ccccc4c4c(c5ccccc5n4-c4cc5ccccc5c5ccccc45)c3c3ccccc13)c1ccccc12. The third kappa shape index (κ3) is 3.91. The third-order valence-corrected chi connectivity index (χ3v) is 11.7. The first kappa shape index (κ1) is 28.7. The van der Waals surface area contributed by atoms with Gasteiger partial charge in [-0.3, -0.25) is 0 Å². The fourth-order valence-corrected chi connectivity index (χ4v) is 9.50. The van der Waals surface area contributed by atoms with Gasteiger partial charge in [-0.15, -0.1) is 0 Å². The first-order valence-corrected chi connectivity index (χ1v) is 18.4. The molecule has 0 radical (unpaired) electrons. The van der Waals surface area contributed by atoms with E-state index in [1.807, 2.05) is 0 Å². The Morgan fingerprint density at radius 2 is 0.698 bits per heavy atom. The topological polar surface area (TPSA) is 4.93 Å². The van der Waals surface area contributed by atoms with Crippen LogP contribution in [0.25, 0.3) is 114 Å². The lowest BCUT2D eigenvalue weighted by atomic mass is 9.86. The van der Waals surface area contributed by atoms with Gasteiger partial charge in [-0.1, -0.05) is 164 Å². The normalized spacial score (nSPS) is 12.2. The van der Waals surface area contributed by atoms with Crippen molar-refractivity contribution in [2.75, 3.05) is 0 Å². The zero-order chi connectivity index (χ0) is 34.6. The Labute approximate surface area is 305 Å². The number of nitrogens with zero attached hydrogens (tertiary/aromatic N) is 1. The smallest absolute Gasteiger partial charge is 0.0626 e. The molecule has 0 amide bonds. The number of benzene rings is 11. The Balaban J connectivity index is 1.31. The predicted octanol–water partition coefficient (Wildman–Crippen LogP) is 14.5. The lowest BCUT2D eigenvalue weighted by molar-refractivity contribution is 1.21. The quantitative estimate of drug-likeness (QED) is 0.161. The van der Waals surface area contributed by atoms with Crippen molar-refractivity contribution >= 4 is 97.2 Å². The Kier molecular flexibility index (Phi) is 5.84. The number of hydrogen-bond donors (Lipinski definition) is 0. The van der Waals surface area contributed by atoms with Gasteiger partial charge in [0.05, 0.1) is 16.7 Å². The average molecular weight is 670 g/mol. The molecule has 12 rings (SSSR count). The highest BCUT2D eigenvalue weighted by atomic mass is 15.0. The molecule has 0 aliphatic heterocycles. The standard InChI is InChI=1S/C52H31N/c1-3-17-34-32(15-1)29-45(38-21-6-5-19-36(34)38)46-31-47-40-23-9-12-26-43(40)52-51(50(47)42-25-11-8-22-39(42)46)44-27-13-14-28-48(44)53(52)49-30-33-16-2-4-18-35(33)37-20-7-10-24-41(37)49/h1-31H. The van der Waals surface area contributed by atoms with Gasteiger partial charge in [0, 0.05) is 26.9 Å². The Bertz CT molecular complexity index is 3510. The van der Waals surface area contributed by atoms with Crippen LogP contribution >= 0.6 is 0 Å². The van der Waals surface area contributed by atoms with E-state index in [0.717, 1.165) is 0 Å². The van der Waals surface area contributed by atoms with Crippen LogP contribution in [-0.4, -0.2) is 4.57 Å². The number of rotatable bonds is 2. The van der Waals surface area contributed by atoms with Crippen LogP contribution in [-0.2, 0) is 0 Å². The molecule has 11 aromatic carbocycles. The summed E-state index contributed by atoms with van der Waals surface area (Å²) in [6.45, 7) is 0. The van der Waals surface area contributed by atoms with E-state index in [-0.39, 0.29) is 0 Å². The minimum Gasteiger partial charge on any atom is -0.308 e. The zero-order valence-electron chi connectivity index (χ0n) is 28.8. The van der Waals surface area contributed by atoms with Gasteiger partial charge in [0.1, 0.15) is 0 Å². The summed E-state index contributed by atoms with van der Waals surface area (Å²) in [5, 5.41) is 20.4. The van der Waals surface area contributed by atoms with Crippen molar-refractivity contribution < 1.29 is 0 Å². The summed E-state index contributed by atoms with van der Waals surface area (Å²) in [5.74, 6) is 0. The molecule has 1 heterocycles. The van der Waals surface area contributed by atoms with Crippen molar-refractivity contribution in [2.45, 2.75) is 0 Å². The summed E-state index contributed by atoms with van der Waals surface area (Å²) in [5.41, 5.74) is 6.21. The van der Waals surface area contributed by atoms with Gasteiger partial charge in [-0.05, 0) is 94.6 Å². The highest BCUT2D eigenvalue weighted by molar-refractivity contribution is 6.38. The van der Waals surface area contributed by atoms with E-state index in [2.05, 4.69) is 193 Å². The van der Waals surface area contributed by atoms with Gasteiger partial charge in [0.25, 0.3) is 0 Å². The van der Waals surface area contributed by atoms with E-state index in [1.165, 1.54) is 114 Å². The molecule has 0 spiro atoms. The van der Waals surface area contributed by atoms with Crippen molar-refractivity contribution in [2.24, 2.45) is 0 Å².